The van der Waals surface area contributed by atoms with Crippen molar-refractivity contribution in [2.24, 2.45) is 10.9 Å². The fourth-order valence-electron chi connectivity index (χ4n) is 1.31. The lowest BCUT2D eigenvalue weighted by atomic mass is 10.0. The normalized spacial score (nSPS) is 13.8. The van der Waals surface area contributed by atoms with Crippen LogP contribution in [0.5, 0.6) is 0 Å². The van der Waals surface area contributed by atoms with Gasteiger partial charge in [0.25, 0.3) is 0 Å². The van der Waals surface area contributed by atoms with Crippen LogP contribution in [0.4, 0.5) is 0 Å². The van der Waals surface area contributed by atoms with Gasteiger partial charge in [0.05, 0.1) is 6.61 Å². The first kappa shape index (κ1) is 16.3. The molecular weight excluding hydrogens is 228 g/mol. The van der Waals surface area contributed by atoms with Crippen molar-refractivity contribution in [1.29, 1.82) is 0 Å². The number of carbonyl (C=O) groups excluding carboxylic acids is 1. The Kier molecular flexibility index (Phi) is 9.50. The second-order valence-electron chi connectivity index (χ2n) is 4.15. The molecule has 4 heteroatoms. The lowest BCUT2D eigenvalue weighted by Gasteiger charge is -2.04. The molecule has 0 radical (unpaired) electrons. The summed E-state index contributed by atoms with van der Waals surface area (Å²) in [5.74, 6) is 0.581. The predicted molar refractivity (Wildman–Crippen MR) is 75.5 cm³/mol. The molecule has 0 aliphatic rings. The van der Waals surface area contributed by atoms with Gasteiger partial charge >= 0.3 is 0 Å². The summed E-state index contributed by atoms with van der Waals surface area (Å²) in [6.07, 6.45) is 10.3. The molecule has 0 spiro atoms. The van der Waals surface area contributed by atoms with E-state index < -0.39 is 0 Å². The first-order valence-corrected chi connectivity index (χ1v) is 5.97. The Morgan fingerprint density at radius 3 is 2.61 bits per heavy atom. The standard InChI is InChI=1S/C14H22N2O2/c1-12(2)5-4-6-13(7-8-17)14(9-15-3)10-16-11-18/h4,6-7,9-12,15,17H,5,8H2,1-3H3/b6-4-,13-7+,14-9+,16-10-. The summed E-state index contributed by atoms with van der Waals surface area (Å²) in [6.45, 7) is 4.22. The van der Waals surface area contributed by atoms with E-state index >= 15 is 0 Å². The Balaban J connectivity index is 4.99. The van der Waals surface area contributed by atoms with Crippen LogP contribution in [-0.4, -0.2) is 31.4 Å². The molecule has 0 aromatic carbocycles. The van der Waals surface area contributed by atoms with Crippen LogP contribution in [-0.2, 0) is 4.79 Å². The van der Waals surface area contributed by atoms with Crippen molar-refractivity contribution in [3.63, 3.8) is 0 Å². The minimum atomic E-state index is -0.0582. The molecule has 0 unspecified atom stereocenters. The topological polar surface area (TPSA) is 61.7 Å². The van der Waals surface area contributed by atoms with Gasteiger partial charge in [-0.2, -0.15) is 0 Å². The van der Waals surface area contributed by atoms with Crippen LogP contribution in [0.15, 0.2) is 40.6 Å². The van der Waals surface area contributed by atoms with Crippen LogP contribution in [0, 0.1) is 5.92 Å². The Hall–Kier alpha value is -1.68. The van der Waals surface area contributed by atoms with E-state index in [9.17, 15) is 4.79 Å². The number of carbonyl (C=O) groups is 1. The summed E-state index contributed by atoms with van der Waals surface area (Å²) in [4.78, 5) is 13.8. The largest absolute Gasteiger partial charge is 0.393 e. The number of hydrogen-bond donors (Lipinski definition) is 2. The van der Waals surface area contributed by atoms with Gasteiger partial charge in [0.2, 0.25) is 6.41 Å². The third kappa shape index (κ3) is 7.57. The molecule has 0 aromatic rings. The molecule has 0 saturated heterocycles. The van der Waals surface area contributed by atoms with Crippen molar-refractivity contribution in [3.8, 4) is 0 Å². The highest BCUT2D eigenvalue weighted by molar-refractivity contribution is 5.89. The molecule has 1 amide bonds. The van der Waals surface area contributed by atoms with Crippen molar-refractivity contribution < 1.29 is 9.90 Å². The Morgan fingerprint density at radius 2 is 2.11 bits per heavy atom. The molecule has 0 aliphatic carbocycles. The molecule has 0 fully saturated rings. The van der Waals surface area contributed by atoms with E-state index in [0.29, 0.717) is 12.3 Å². The highest BCUT2D eigenvalue weighted by atomic mass is 16.2. The average molecular weight is 250 g/mol. The number of nitrogens with one attached hydrogen (secondary N) is 1. The smallest absolute Gasteiger partial charge is 0.232 e. The third-order valence-electron chi connectivity index (χ3n) is 2.12. The van der Waals surface area contributed by atoms with E-state index in [0.717, 1.165) is 17.6 Å². The molecule has 4 nitrogen and oxygen atoms in total. The quantitative estimate of drug-likeness (QED) is 0.392. The maximum absolute atomic E-state index is 10.3. The van der Waals surface area contributed by atoms with E-state index in [1.807, 2.05) is 12.2 Å². The van der Waals surface area contributed by atoms with Gasteiger partial charge in [-0.25, -0.2) is 4.99 Å². The number of hydrogen-bond acceptors (Lipinski definition) is 3. The Labute approximate surface area is 109 Å². The minimum absolute atomic E-state index is 0.0582. The SMILES string of the molecule is CN/C=C(\C=N/C=O)C(/C=C\CC(C)C)=C/CO. The van der Waals surface area contributed by atoms with Gasteiger partial charge in [0, 0.05) is 25.0 Å². The Bertz CT molecular complexity index is 353. The molecular formula is C14H22N2O2. The van der Waals surface area contributed by atoms with Gasteiger partial charge in [-0.15, -0.1) is 0 Å². The molecule has 0 atom stereocenters. The Morgan fingerprint density at radius 1 is 1.39 bits per heavy atom. The molecule has 2 N–H and O–H groups in total. The maximum atomic E-state index is 10.3. The first-order valence-electron chi connectivity index (χ1n) is 5.97. The van der Waals surface area contributed by atoms with Gasteiger partial charge in [0.15, 0.2) is 0 Å². The van der Waals surface area contributed by atoms with E-state index in [-0.39, 0.29) is 6.61 Å². The molecule has 0 aromatic heterocycles. The highest BCUT2D eigenvalue weighted by Gasteiger charge is 1.99. The second-order valence-corrected chi connectivity index (χ2v) is 4.15. The van der Waals surface area contributed by atoms with Gasteiger partial charge in [0.1, 0.15) is 0 Å². The van der Waals surface area contributed by atoms with E-state index in [2.05, 4.69) is 24.2 Å². The molecule has 0 aliphatic heterocycles. The van der Waals surface area contributed by atoms with E-state index in [1.54, 1.807) is 19.3 Å². The number of amides is 1. The molecule has 0 bridgehead atoms. The van der Waals surface area contributed by atoms with E-state index in [1.165, 1.54) is 6.21 Å². The lowest BCUT2D eigenvalue weighted by molar-refractivity contribution is -0.106. The average Bonchev–Trinajstić information content (AvgIpc) is 2.33. The van der Waals surface area contributed by atoms with Gasteiger partial charge in [-0.3, -0.25) is 4.79 Å². The summed E-state index contributed by atoms with van der Waals surface area (Å²) in [6, 6.07) is 0. The number of rotatable bonds is 8. The summed E-state index contributed by atoms with van der Waals surface area (Å²) < 4.78 is 0. The van der Waals surface area contributed by atoms with Crippen molar-refractivity contribution in [3.05, 3.63) is 35.6 Å². The summed E-state index contributed by atoms with van der Waals surface area (Å²) in [7, 11) is 1.77. The zero-order valence-corrected chi connectivity index (χ0v) is 11.3. The zero-order valence-electron chi connectivity index (χ0n) is 11.3. The van der Waals surface area contributed by atoms with Crippen LogP contribution in [0.1, 0.15) is 20.3 Å². The molecule has 18 heavy (non-hydrogen) atoms. The molecule has 100 valence electrons. The fraction of sp³-hybridized carbons (Fsp3) is 0.429. The summed E-state index contributed by atoms with van der Waals surface area (Å²) >= 11 is 0. The number of aliphatic hydroxyl groups is 1. The molecule has 0 heterocycles. The van der Waals surface area contributed by atoms with Crippen molar-refractivity contribution >= 4 is 12.6 Å². The number of nitrogens with zero attached hydrogens (tertiary/aromatic N) is 1. The van der Waals surface area contributed by atoms with Crippen molar-refractivity contribution in [1.82, 2.24) is 5.32 Å². The number of aliphatic imine (C=N–C) groups is 1. The van der Waals surface area contributed by atoms with E-state index in [4.69, 9.17) is 5.11 Å². The molecule has 0 rings (SSSR count). The number of allylic oxidation sites excluding steroid dienone is 4. The van der Waals surface area contributed by atoms with Gasteiger partial charge < -0.3 is 10.4 Å². The van der Waals surface area contributed by atoms with Crippen LogP contribution < -0.4 is 5.32 Å². The highest BCUT2D eigenvalue weighted by Crippen LogP contribution is 2.11. The van der Waals surface area contributed by atoms with Gasteiger partial charge in [-0.05, 0) is 17.9 Å². The summed E-state index contributed by atoms with van der Waals surface area (Å²) in [5.41, 5.74) is 1.58. The maximum Gasteiger partial charge on any atom is 0.232 e. The first-order chi connectivity index (χ1) is 8.65. The van der Waals surface area contributed by atoms with Crippen molar-refractivity contribution in [2.45, 2.75) is 20.3 Å². The minimum Gasteiger partial charge on any atom is -0.393 e. The van der Waals surface area contributed by atoms with Gasteiger partial charge in [-0.1, -0.05) is 32.1 Å². The van der Waals surface area contributed by atoms with Crippen LogP contribution in [0.25, 0.3) is 0 Å². The van der Waals surface area contributed by atoms with Crippen LogP contribution in [0.3, 0.4) is 0 Å². The second kappa shape index (κ2) is 10.5. The van der Waals surface area contributed by atoms with Crippen LogP contribution in [0.2, 0.25) is 0 Å². The fourth-order valence-corrected chi connectivity index (χ4v) is 1.31. The summed E-state index contributed by atoms with van der Waals surface area (Å²) in [5, 5.41) is 11.9. The number of aliphatic hydroxyl groups excluding tert-OH is 1. The van der Waals surface area contributed by atoms with Crippen molar-refractivity contribution in [2.75, 3.05) is 13.7 Å². The molecule has 0 saturated carbocycles. The monoisotopic (exact) mass is 250 g/mol. The third-order valence-corrected chi connectivity index (χ3v) is 2.12. The van der Waals surface area contributed by atoms with Crippen LogP contribution >= 0.6 is 0 Å². The predicted octanol–water partition coefficient (Wildman–Crippen LogP) is 1.84. The lowest BCUT2D eigenvalue weighted by Crippen LogP contribution is -2.00. The zero-order chi connectivity index (χ0) is 13.8.